The lowest BCUT2D eigenvalue weighted by Crippen LogP contribution is -2.30. The average Bonchev–Trinajstić information content (AvgIpc) is 2.62. The average molecular weight is 302 g/mol. The van der Waals surface area contributed by atoms with Crippen LogP contribution < -0.4 is 10.2 Å². The lowest BCUT2D eigenvalue weighted by atomic mass is 10.0. The normalized spacial score (nSPS) is 19.2. The number of ether oxygens (including phenoxy) is 1. The van der Waals surface area contributed by atoms with E-state index in [1.165, 1.54) is 5.56 Å². The first-order chi connectivity index (χ1) is 10.0. The topological polar surface area (TPSA) is 24.5 Å². The number of alkyl halides is 3. The maximum absolute atomic E-state index is 12.1. The van der Waals surface area contributed by atoms with Crippen LogP contribution in [0.25, 0.3) is 0 Å². The maximum atomic E-state index is 12.1. The van der Waals surface area contributed by atoms with E-state index in [-0.39, 0.29) is 6.61 Å². The van der Waals surface area contributed by atoms with Crippen molar-refractivity contribution in [2.24, 2.45) is 0 Å². The lowest BCUT2D eigenvalue weighted by molar-refractivity contribution is -0.173. The number of para-hydroxylation sites is 1. The molecule has 0 saturated heterocycles. The first-order valence-corrected chi connectivity index (χ1v) is 7.17. The Balaban J connectivity index is 1.99. The van der Waals surface area contributed by atoms with Gasteiger partial charge in [-0.1, -0.05) is 18.2 Å². The van der Waals surface area contributed by atoms with E-state index in [2.05, 4.69) is 16.3 Å². The highest BCUT2D eigenvalue weighted by Gasteiger charge is 2.27. The van der Waals surface area contributed by atoms with Crippen LogP contribution in [0.3, 0.4) is 0 Å². The summed E-state index contributed by atoms with van der Waals surface area (Å²) in [5.41, 5.74) is 2.29. The first kappa shape index (κ1) is 16.1. The largest absolute Gasteiger partial charge is 0.411 e. The van der Waals surface area contributed by atoms with E-state index < -0.39 is 12.8 Å². The molecule has 0 saturated carbocycles. The Bertz CT molecular complexity index is 451. The smallest absolute Gasteiger partial charge is 0.370 e. The van der Waals surface area contributed by atoms with Gasteiger partial charge in [-0.25, -0.2) is 0 Å². The van der Waals surface area contributed by atoms with Crippen molar-refractivity contribution in [3.63, 3.8) is 0 Å². The Morgan fingerprint density at radius 2 is 2.10 bits per heavy atom. The van der Waals surface area contributed by atoms with Gasteiger partial charge in [0.25, 0.3) is 0 Å². The molecule has 118 valence electrons. The molecule has 3 nitrogen and oxygen atoms in total. The summed E-state index contributed by atoms with van der Waals surface area (Å²) in [4.78, 5) is 2.11. The zero-order valence-corrected chi connectivity index (χ0v) is 12.1. The Morgan fingerprint density at radius 1 is 1.33 bits per heavy atom. The number of fused-ring (bicyclic) bond motifs is 1. The molecule has 1 unspecified atom stereocenters. The molecule has 1 aliphatic heterocycles. The van der Waals surface area contributed by atoms with Crippen LogP contribution in [0.2, 0.25) is 0 Å². The summed E-state index contributed by atoms with van der Waals surface area (Å²) in [6, 6.07) is 8.34. The molecule has 1 N–H and O–H groups in total. The van der Waals surface area contributed by atoms with E-state index in [1.54, 1.807) is 0 Å². The molecule has 1 heterocycles. The summed E-state index contributed by atoms with van der Waals surface area (Å²) in [6.07, 6.45) is -2.24. The van der Waals surface area contributed by atoms with Gasteiger partial charge in [0.1, 0.15) is 6.61 Å². The molecule has 0 spiro atoms. The highest BCUT2D eigenvalue weighted by Crippen LogP contribution is 2.32. The van der Waals surface area contributed by atoms with Crippen molar-refractivity contribution in [1.82, 2.24) is 5.32 Å². The van der Waals surface area contributed by atoms with E-state index in [9.17, 15) is 13.2 Å². The van der Waals surface area contributed by atoms with Crippen molar-refractivity contribution in [3.05, 3.63) is 29.8 Å². The third-order valence-electron chi connectivity index (χ3n) is 3.69. The number of anilines is 1. The number of rotatable bonds is 5. The number of nitrogens with zero attached hydrogens (tertiary/aromatic N) is 1. The maximum Gasteiger partial charge on any atom is 0.411 e. The van der Waals surface area contributed by atoms with Gasteiger partial charge in [0.2, 0.25) is 0 Å². The van der Waals surface area contributed by atoms with Crippen LogP contribution in [0, 0.1) is 0 Å². The molecule has 1 aromatic carbocycles. The molecular formula is C15H21F3N2O. The molecule has 0 amide bonds. The van der Waals surface area contributed by atoms with Crippen LogP contribution in [0.1, 0.15) is 24.4 Å². The summed E-state index contributed by atoms with van der Waals surface area (Å²) < 4.78 is 41.0. The van der Waals surface area contributed by atoms with Gasteiger partial charge >= 0.3 is 6.18 Å². The van der Waals surface area contributed by atoms with Crippen molar-refractivity contribution >= 4 is 5.69 Å². The van der Waals surface area contributed by atoms with Crippen molar-refractivity contribution in [3.8, 4) is 0 Å². The summed E-state index contributed by atoms with van der Waals surface area (Å²) in [7, 11) is 1.93. The van der Waals surface area contributed by atoms with Gasteiger partial charge in [-0.15, -0.1) is 0 Å². The number of hydrogen-bond donors (Lipinski definition) is 1. The Labute approximate surface area is 123 Å². The number of hydrogen-bond acceptors (Lipinski definition) is 3. The van der Waals surface area contributed by atoms with E-state index >= 15 is 0 Å². The molecule has 0 fully saturated rings. The molecule has 6 heteroatoms. The predicted octanol–water partition coefficient (Wildman–Crippen LogP) is 3.13. The van der Waals surface area contributed by atoms with Crippen LogP contribution in [0.4, 0.5) is 18.9 Å². The minimum atomic E-state index is -4.26. The standard InChI is InChI=1S/C15H21F3N2O/c1-19-13-6-4-8-20(9-10-21-11-15(16,17)18)14-7-3-2-5-12(13)14/h2-3,5,7,13,19H,4,6,8-11H2,1H3. The number of benzene rings is 1. The lowest BCUT2D eigenvalue weighted by Gasteiger charge is -2.25. The van der Waals surface area contributed by atoms with Crippen molar-refractivity contribution in [1.29, 1.82) is 0 Å². The third-order valence-corrected chi connectivity index (χ3v) is 3.69. The zero-order valence-electron chi connectivity index (χ0n) is 12.1. The van der Waals surface area contributed by atoms with Gasteiger partial charge in [-0.2, -0.15) is 13.2 Å². The van der Waals surface area contributed by atoms with Crippen LogP contribution in [0.5, 0.6) is 0 Å². The molecule has 0 radical (unpaired) electrons. The van der Waals surface area contributed by atoms with Crippen LogP contribution >= 0.6 is 0 Å². The fourth-order valence-corrected chi connectivity index (χ4v) is 2.73. The highest BCUT2D eigenvalue weighted by atomic mass is 19.4. The quantitative estimate of drug-likeness (QED) is 0.846. The molecule has 0 aliphatic carbocycles. The minimum absolute atomic E-state index is 0.0814. The van der Waals surface area contributed by atoms with Gasteiger partial charge in [-0.3, -0.25) is 0 Å². The van der Waals surface area contributed by atoms with Crippen molar-refractivity contribution in [2.75, 3.05) is 38.3 Å². The summed E-state index contributed by atoms with van der Waals surface area (Å²) >= 11 is 0. The third kappa shape index (κ3) is 4.61. The van der Waals surface area contributed by atoms with Crippen LogP contribution in [-0.2, 0) is 4.74 Å². The van der Waals surface area contributed by atoms with Crippen molar-refractivity contribution in [2.45, 2.75) is 25.1 Å². The summed E-state index contributed by atoms with van der Waals surface area (Å²) in [6.45, 7) is 0.216. The second-order valence-electron chi connectivity index (χ2n) is 5.20. The molecule has 1 aromatic rings. The van der Waals surface area contributed by atoms with Gasteiger partial charge < -0.3 is 15.0 Å². The first-order valence-electron chi connectivity index (χ1n) is 7.17. The second-order valence-corrected chi connectivity index (χ2v) is 5.20. The Hall–Kier alpha value is -1.27. The second kappa shape index (κ2) is 7.13. The van der Waals surface area contributed by atoms with Crippen LogP contribution in [0.15, 0.2) is 24.3 Å². The van der Waals surface area contributed by atoms with E-state index in [4.69, 9.17) is 4.74 Å². The molecular weight excluding hydrogens is 281 g/mol. The van der Waals surface area contributed by atoms with E-state index in [0.29, 0.717) is 12.6 Å². The monoisotopic (exact) mass is 302 g/mol. The van der Waals surface area contributed by atoms with E-state index in [0.717, 1.165) is 25.1 Å². The fraction of sp³-hybridized carbons (Fsp3) is 0.600. The molecule has 0 bridgehead atoms. The van der Waals surface area contributed by atoms with Gasteiger partial charge in [0.05, 0.1) is 6.61 Å². The Morgan fingerprint density at radius 3 is 2.81 bits per heavy atom. The summed E-state index contributed by atoms with van der Waals surface area (Å²) in [5, 5.41) is 3.30. The number of halogens is 3. The minimum Gasteiger partial charge on any atom is -0.370 e. The summed E-state index contributed by atoms with van der Waals surface area (Å²) in [5.74, 6) is 0. The van der Waals surface area contributed by atoms with E-state index in [1.807, 2.05) is 25.2 Å². The van der Waals surface area contributed by atoms with Gasteiger partial charge in [0.15, 0.2) is 0 Å². The zero-order chi connectivity index (χ0) is 15.3. The van der Waals surface area contributed by atoms with Crippen LogP contribution in [-0.4, -0.2) is 39.5 Å². The van der Waals surface area contributed by atoms with Crippen molar-refractivity contribution < 1.29 is 17.9 Å². The fourth-order valence-electron chi connectivity index (χ4n) is 2.73. The molecule has 2 rings (SSSR count). The molecule has 1 aliphatic rings. The number of nitrogens with one attached hydrogen (secondary N) is 1. The molecule has 1 atom stereocenters. The Kier molecular flexibility index (Phi) is 5.47. The molecule has 0 aromatic heterocycles. The van der Waals surface area contributed by atoms with Gasteiger partial charge in [0, 0.05) is 24.8 Å². The molecule has 21 heavy (non-hydrogen) atoms. The van der Waals surface area contributed by atoms with Gasteiger partial charge in [-0.05, 0) is 31.5 Å². The predicted molar refractivity (Wildman–Crippen MR) is 76.6 cm³/mol. The highest BCUT2D eigenvalue weighted by molar-refractivity contribution is 5.55. The SMILES string of the molecule is CNC1CCCN(CCOCC(F)(F)F)c2ccccc21.